The van der Waals surface area contributed by atoms with Crippen LogP contribution in [0.2, 0.25) is 0 Å². The molecule has 0 aliphatic carbocycles. The minimum atomic E-state index is 0.523. The number of hydrogen-bond donors (Lipinski definition) is 1. The van der Waals surface area contributed by atoms with Crippen LogP contribution < -0.4 is 5.32 Å². The van der Waals surface area contributed by atoms with Gasteiger partial charge in [0, 0.05) is 17.6 Å². The Labute approximate surface area is 96.4 Å². The number of methoxy groups -OCH3 is 1. The van der Waals surface area contributed by atoms with Crippen LogP contribution in [0.15, 0.2) is 29.2 Å². The maximum atomic E-state index is 5.09. The second-order valence-electron chi connectivity index (χ2n) is 3.72. The molecular formula is C12H20NOS+. The lowest BCUT2D eigenvalue weighted by molar-refractivity contribution is -0.702. The molecule has 0 amide bonds. The minimum absolute atomic E-state index is 0.523. The summed E-state index contributed by atoms with van der Waals surface area (Å²) in [6.07, 6.45) is 2.10. The van der Waals surface area contributed by atoms with E-state index in [1.807, 2.05) is 0 Å². The number of hydrogen-bond acceptors (Lipinski definition) is 2. The van der Waals surface area contributed by atoms with Gasteiger partial charge in [-0.2, -0.15) is 0 Å². The molecule has 0 aliphatic heterocycles. The highest BCUT2D eigenvalue weighted by Crippen LogP contribution is 2.14. The monoisotopic (exact) mass is 226 g/mol. The Morgan fingerprint density at radius 2 is 2.00 bits per heavy atom. The average molecular weight is 226 g/mol. The molecule has 1 rings (SSSR count). The van der Waals surface area contributed by atoms with Crippen LogP contribution in [0.25, 0.3) is 0 Å². The van der Waals surface area contributed by atoms with Crippen molar-refractivity contribution in [2.45, 2.75) is 24.4 Å². The van der Waals surface area contributed by atoms with Crippen LogP contribution in [-0.2, 0) is 11.3 Å². The molecule has 1 aromatic carbocycles. The maximum absolute atomic E-state index is 5.09. The fourth-order valence-electron chi connectivity index (χ4n) is 1.43. The van der Waals surface area contributed by atoms with Crippen LogP contribution in [0.4, 0.5) is 0 Å². The molecule has 0 saturated heterocycles. The van der Waals surface area contributed by atoms with Crippen LogP contribution in [-0.4, -0.2) is 26.0 Å². The summed E-state index contributed by atoms with van der Waals surface area (Å²) >= 11 is 1.78. The predicted molar refractivity (Wildman–Crippen MR) is 65.2 cm³/mol. The van der Waals surface area contributed by atoms with Crippen molar-refractivity contribution in [2.75, 3.05) is 20.0 Å². The third kappa shape index (κ3) is 4.69. The van der Waals surface area contributed by atoms with Crippen molar-refractivity contribution < 1.29 is 10.1 Å². The van der Waals surface area contributed by atoms with Gasteiger partial charge in [-0.25, -0.2) is 0 Å². The van der Waals surface area contributed by atoms with E-state index >= 15 is 0 Å². The fraction of sp³-hybridized carbons (Fsp3) is 0.500. The zero-order valence-corrected chi connectivity index (χ0v) is 10.5. The second kappa shape index (κ2) is 6.88. The number of quaternary nitrogens is 1. The molecule has 0 bridgehead atoms. The smallest absolute Gasteiger partial charge is 0.107 e. The molecule has 2 nitrogen and oxygen atoms in total. The van der Waals surface area contributed by atoms with Gasteiger partial charge in [-0.1, -0.05) is 12.1 Å². The van der Waals surface area contributed by atoms with Crippen molar-refractivity contribution in [3.8, 4) is 0 Å². The van der Waals surface area contributed by atoms with E-state index in [4.69, 9.17) is 4.74 Å². The summed E-state index contributed by atoms with van der Waals surface area (Å²) in [5, 5.41) is 2.30. The topological polar surface area (TPSA) is 25.8 Å². The van der Waals surface area contributed by atoms with Crippen molar-refractivity contribution in [1.29, 1.82) is 0 Å². The molecule has 0 aliphatic rings. The van der Waals surface area contributed by atoms with Gasteiger partial charge < -0.3 is 10.1 Å². The van der Waals surface area contributed by atoms with E-state index < -0.39 is 0 Å². The van der Waals surface area contributed by atoms with Crippen molar-refractivity contribution in [2.24, 2.45) is 0 Å². The van der Waals surface area contributed by atoms with Crippen molar-refractivity contribution in [1.82, 2.24) is 0 Å². The highest BCUT2D eigenvalue weighted by Gasteiger charge is 2.03. The van der Waals surface area contributed by atoms with E-state index in [1.54, 1.807) is 18.9 Å². The van der Waals surface area contributed by atoms with E-state index in [-0.39, 0.29) is 0 Å². The van der Waals surface area contributed by atoms with Crippen molar-refractivity contribution in [3.05, 3.63) is 29.8 Å². The first kappa shape index (κ1) is 12.6. The molecule has 3 heteroatoms. The minimum Gasteiger partial charge on any atom is -0.379 e. The van der Waals surface area contributed by atoms with E-state index in [0.29, 0.717) is 6.04 Å². The summed E-state index contributed by atoms with van der Waals surface area (Å²) in [5.41, 5.74) is 1.37. The van der Waals surface area contributed by atoms with Gasteiger partial charge in [0.2, 0.25) is 0 Å². The van der Waals surface area contributed by atoms with Crippen LogP contribution in [0.3, 0.4) is 0 Å². The Morgan fingerprint density at radius 3 is 2.53 bits per heavy atom. The standard InChI is InChI=1S/C12H19NOS/c1-10(9-14-2)13-8-11-4-6-12(15-3)7-5-11/h4-7,10,13H,8-9H2,1-3H3/p+1/t10-/m0/s1. The van der Waals surface area contributed by atoms with Gasteiger partial charge in [0.1, 0.15) is 12.6 Å². The third-order valence-corrected chi connectivity index (χ3v) is 3.09. The number of benzene rings is 1. The third-order valence-electron chi connectivity index (χ3n) is 2.34. The van der Waals surface area contributed by atoms with Crippen LogP contribution in [0, 0.1) is 0 Å². The molecule has 0 heterocycles. The average Bonchev–Trinajstić information content (AvgIpc) is 2.27. The lowest BCUT2D eigenvalue weighted by Crippen LogP contribution is -2.88. The van der Waals surface area contributed by atoms with E-state index in [1.165, 1.54) is 10.5 Å². The summed E-state index contributed by atoms with van der Waals surface area (Å²) in [6.45, 7) is 4.02. The molecule has 15 heavy (non-hydrogen) atoms. The first-order valence-corrected chi connectivity index (χ1v) is 6.44. The molecule has 2 N–H and O–H groups in total. The van der Waals surface area contributed by atoms with E-state index in [9.17, 15) is 0 Å². The molecule has 1 aromatic rings. The Hall–Kier alpha value is -0.510. The van der Waals surface area contributed by atoms with Gasteiger partial charge in [0.25, 0.3) is 0 Å². The highest BCUT2D eigenvalue weighted by molar-refractivity contribution is 7.98. The second-order valence-corrected chi connectivity index (χ2v) is 4.60. The molecule has 84 valence electrons. The highest BCUT2D eigenvalue weighted by atomic mass is 32.2. The zero-order chi connectivity index (χ0) is 11.1. The molecule has 0 unspecified atom stereocenters. The van der Waals surface area contributed by atoms with Crippen molar-refractivity contribution in [3.63, 3.8) is 0 Å². The lowest BCUT2D eigenvalue weighted by Gasteiger charge is -2.09. The lowest BCUT2D eigenvalue weighted by atomic mass is 10.2. The van der Waals surface area contributed by atoms with Crippen molar-refractivity contribution >= 4 is 11.8 Å². The van der Waals surface area contributed by atoms with Gasteiger partial charge in [-0.15, -0.1) is 11.8 Å². The predicted octanol–water partition coefficient (Wildman–Crippen LogP) is 1.51. The van der Waals surface area contributed by atoms with Crippen LogP contribution in [0.1, 0.15) is 12.5 Å². The van der Waals surface area contributed by atoms with Crippen LogP contribution >= 0.6 is 11.8 Å². The summed E-state index contributed by atoms with van der Waals surface area (Å²) in [5.74, 6) is 0. The SMILES string of the molecule is COC[C@H](C)[NH2+]Cc1ccc(SC)cc1. The Kier molecular flexibility index (Phi) is 5.76. The summed E-state index contributed by atoms with van der Waals surface area (Å²) in [7, 11) is 1.75. The first-order valence-electron chi connectivity index (χ1n) is 5.21. The number of ether oxygens (including phenoxy) is 1. The van der Waals surface area contributed by atoms with Gasteiger partial charge in [0.15, 0.2) is 0 Å². The largest absolute Gasteiger partial charge is 0.379 e. The molecular weight excluding hydrogens is 206 g/mol. The Morgan fingerprint density at radius 1 is 1.33 bits per heavy atom. The Balaban J connectivity index is 2.37. The van der Waals surface area contributed by atoms with E-state index in [2.05, 4.69) is 42.8 Å². The zero-order valence-electron chi connectivity index (χ0n) is 9.69. The van der Waals surface area contributed by atoms with Crippen LogP contribution in [0.5, 0.6) is 0 Å². The molecule has 0 spiro atoms. The molecule has 1 atom stereocenters. The van der Waals surface area contributed by atoms with Gasteiger partial charge in [-0.05, 0) is 25.3 Å². The number of nitrogens with two attached hydrogens (primary N) is 1. The molecule has 0 radical (unpaired) electrons. The number of rotatable bonds is 6. The van der Waals surface area contributed by atoms with Gasteiger partial charge in [-0.3, -0.25) is 0 Å². The Bertz CT molecular complexity index is 273. The quantitative estimate of drug-likeness (QED) is 0.744. The first-order chi connectivity index (χ1) is 7.26. The fourth-order valence-corrected chi connectivity index (χ4v) is 1.84. The van der Waals surface area contributed by atoms with Gasteiger partial charge in [0.05, 0.1) is 6.61 Å². The summed E-state index contributed by atoms with van der Waals surface area (Å²) in [6, 6.07) is 9.27. The summed E-state index contributed by atoms with van der Waals surface area (Å²) in [4.78, 5) is 1.32. The normalized spacial score (nSPS) is 12.7. The maximum Gasteiger partial charge on any atom is 0.107 e. The molecule has 0 aromatic heterocycles. The summed E-state index contributed by atoms with van der Waals surface area (Å²) < 4.78 is 5.09. The van der Waals surface area contributed by atoms with Gasteiger partial charge >= 0.3 is 0 Å². The number of thioether (sulfide) groups is 1. The molecule has 0 saturated carbocycles. The van der Waals surface area contributed by atoms with E-state index in [0.717, 1.165) is 13.2 Å². The molecule has 0 fully saturated rings.